The van der Waals surface area contributed by atoms with E-state index in [0.29, 0.717) is 21.3 Å². The summed E-state index contributed by atoms with van der Waals surface area (Å²) in [7, 11) is 0. The predicted octanol–water partition coefficient (Wildman–Crippen LogP) is 4.24. The molecule has 0 radical (unpaired) electrons. The van der Waals surface area contributed by atoms with Crippen molar-refractivity contribution < 1.29 is 9.90 Å². The SMILES string of the molecule is N#C/C(=C\c1ccc(O)cc1)C(=O)Nc1cc(Cl)ccc1Cl. The van der Waals surface area contributed by atoms with Crippen LogP contribution in [0.1, 0.15) is 5.56 Å². The standard InChI is InChI=1S/C16H10Cl2N2O2/c17-12-3-6-14(18)15(8-12)20-16(22)11(9-19)7-10-1-4-13(21)5-2-10/h1-8,21H,(H,20,22)/b11-7+. The third-order valence-corrected chi connectivity index (χ3v) is 3.31. The fourth-order valence-corrected chi connectivity index (χ4v) is 2.01. The lowest BCUT2D eigenvalue weighted by molar-refractivity contribution is -0.112. The zero-order valence-corrected chi connectivity index (χ0v) is 12.7. The van der Waals surface area contributed by atoms with Crippen molar-refractivity contribution in [3.05, 3.63) is 63.6 Å². The molecule has 2 rings (SSSR count). The number of hydrogen-bond acceptors (Lipinski definition) is 3. The van der Waals surface area contributed by atoms with E-state index in [2.05, 4.69) is 5.32 Å². The Hall–Kier alpha value is -2.48. The number of phenolic OH excluding ortho intramolecular Hbond substituents is 1. The van der Waals surface area contributed by atoms with Gasteiger partial charge in [0.2, 0.25) is 0 Å². The molecule has 0 aliphatic carbocycles. The van der Waals surface area contributed by atoms with Crippen LogP contribution in [0.4, 0.5) is 5.69 Å². The maximum atomic E-state index is 12.1. The van der Waals surface area contributed by atoms with E-state index in [-0.39, 0.29) is 11.3 Å². The van der Waals surface area contributed by atoms with Gasteiger partial charge in [0.05, 0.1) is 10.7 Å². The van der Waals surface area contributed by atoms with Gasteiger partial charge in [-0.2, -0.15) is 5.26 Å². The number of nitrogens with one attached hydrogen (secondary N) is 1. The molecular weight excluding hydrogens is 323 g/mol. The molecule has 0 aliphatic heterocycles. The second-order valence-electron chi connectivity index (χ2n) is 4.34. The van der Waals surface area contributed by atoms with Crippen LogP contribution in [0.3, 0.4) is 0 Å². The minimum absolute atomic E-state index is 0.0956. The van der Waals surface area contributed by atoms with E-state index < -0.39 is 5.91 Å². The van der Waals surface area contributed by atoms with E-state index in [1.165, 1.54) is 24.3 Å². The molecule has 110 valence electrons. The Bertz CT molecular complexity index is 778. The minimum Gasteiger partial charge on any atom is -0.508 e. The number of halogens is 2. The Morgan fingerprint density at radius 1 is 1.18 bits per heavy atom. The topological polar surface area (TPSA) is 73.1 Å². The number of benzene rings is 2. The lowest BCUT2D eigenvalue weighted by atomic mass is 10.1. The Morgan fingerprint density at radius 2 is 1.86 bits per heavy atom. The van der Waals surface area contributed by atoms with Gasteiger partial charge in [0.1, 0.15) is 17.4 Å². The minimum atomic E-state index is -0.597. The van der Waals surface area contributed by atoms with Gasteiger partial charge in [-0.15, -0.1) is 0 Å². The van der Waals surface area contributed by atoms with Crippen molar-refractivity contribution in [3.8, 4) is 11.8 Å². The van der Waals surface area contributed by atoms with E-state index >= 15 is 0 Å². The third-order valence-electron chi connectivity index (χ3n) is 2.75. The molecule has 0 heterocycles. The Morgan fingerprint density at radius 3 is 2.50 bits per heavy atom. The second-order valence-corrected chi connectivity index (χ2v) is 5.18. The van der Waals surface area contributed by atoms with Crippen LogP contribution in [0.15, 0.2) is 48.0 Å². The number of amides is 1. The first-order valence-electron chi connectivity index (χ1n) is 6.17. The molecule has 6 heteroatoms. The molecule has 0 aliphatic rings. The molecule has 4 nitrogen and oxygen atoms in total. The number of anilines is 1. The van der Waals surface area contributed by atoms with Gasteiger partial charge in [-0.3, -0.25) is 4.79 Å². The average molecular weight is 333 g/mol. The van der Waals surface area contributed by atoms with E-state index in [1.807, 2.05) is 6.07 Å². The number of nitrogens with zero attached hydrogens (tertiary/aromatic N) is 1. The second kappa shape index (κ2) is 6.99. The van der Waals surface area contributed by atoms with Crippen LogP contribution in [0, 0.1) is 11.3 Å². The Balaban J connectivity index is 2.24. The largest absolute Gasteiger partial charge is 0.508 e. The molecule has 1 amide bonds. The molecule has 0 fully saturated rings. The van der Waals surface area contributed by atoms with Crippen molar-refractivity contribution in [3.63, 3.8) is 0 Å². The molecule has 2 aromatic rings. The predicted molar refractivity (Wildman–Crippen MR) is 86.8 cm³/mol. The summed E-state index contributed by atoms with van der Waals surface area (Å²) in [6.07, 6.45) is 1.41. The lowest BCUT2D eigenvalue weighted by Gasteiger charge is -2.07. The first-order valence-corrected chi connectivity index (χ1v) is 6.92. The molecule has 0 bridgehead atoms. The van der Waals surface area contributed by atoms with Gasteiger partial charge in [-0.05, 0) is 42.0 Å². The third kappa shape index (κ3) is 4.01. The zero-order chi connectivity index (χ0) is 16.1. The Kier molecular flexibility index (Phi) is 5.05. The van der Waals surface area contributed by atoms with E-state index in [1.54, 1.807) is 24.3 Å². The van der Waals surface area contributed by atoms with Gasteiger partial charge in [0.15, 0.2) is 0 Å². The van der Waals surface area contributed by atoms with Gasteiger partial charge >= 0.3 is 0 Å². The Labute approximate surface area is 137 Å². The maximum absolute atomic E-state index is 12.1. The average Bonchev–Trinajstić information content (AvgIpc) is 2.50. The molecule has 0 unspecified atom stereocenters. The van der Waals surface area contributed by atoms with E-state index in [9.17, 15) is 9.90 Å². The molecule has 0 saturated heterocycles. The van der Waals surface area contributed by atoms with Crippen LogP contribution >= 0.6 is 23.2 Å². The molecule has 2 N–H and O–H groups in total. The molecule has 0 spiro atoms. The van der Waals surface area contributed by atoms with Crippen LogP contribution in [0.25, 0.3) is 6.08 Å². The normalized spacial score (nSPS) is 10.9. The number of rotatable bonds is 3. The van der Waals surface area contributed by atoms with Crippen molar-refractivity contribution in [2.75, 3.05) is 5.32 Å². The molecule has 22 heavy (non-hydrogen) atoms. The maximum Gasteiger partial charge on any atom is 0.266 e. The van der Waals surface area contributed by atoms with Gasteiger partial charge in [-0.1, -0.05) is 35.3 Å². The summed E-state index contributed by atoms with van der Waals surface area (Å²) in [6, 6.07) is 12.6. The summed E-state index contributed by atoms with van der Waals surface area (Å²) in [6.45, 7) is 0. The highest BCUT2D eigenvalue weighted by atomic mass is 35.5. The van der Waals surface area contributed by atoms with Gasteiger partial charge < -0.3 is 10.4 Å². The molecule has 0 saturated carbocycles. The molecule has 2 aromatic carbocycles. The van der Waals surface area contributed by atoms with Crippen LogP contribution in [0.5, 0.6) is 5.75 Å². The van der Waals surface area contributed by atoms with Crippen LogP contribution in [0.2, 0.25) is 10.0 Å². The highest BCUT2D eigenvalue weighted by molar-refractivity contribution is 6.36. The van der Waals surface area contributed by atoms with E-state index in [0.717, 1.165) is 0 Å². The first-order chi connectivity index (χ1) is 10.5. The monoisotopic (exact) mass is 332 g/mol. The molecule has 0 atom stereocenters. The number of nitriles is 1. The van der Waals surface area contributed by atoms with Crippen molar-refractivity contribution in [1.82, 2.24) is 0 Å². The summed E-state index contributed by atoms with van der Waals surface area (Å²) in [5.41, 5.74) is 0.842. The summed E-state index contributed by atoms with van der Waals surface area (Å²) >= 11 is 11.8. The fourth-order valence-electron chi connectivity index (χ4n) is 1.67. The smallest absolute Gasteiger partial charge is 0.266 e. The fraction of sp³-hybridized carbons (Fsp3) is 0. The van der Waals surface area contributed by atoms with Gasteiger partial charge in [0.25, 0.3) is 5.91 Å². The highest BCUT2D eigenvalue weighted by Gasteiger charge is 2.11. The zero-order valence-electron chi connectivity index (χ0n) is 11.2. The quantitative estimate of drug-likeness (QED) is 0.652. The summed E-state index contributed by atoms with van der Waals surface area (Å²) in [5.74, 6) is -0.495. The van der Waals surface area contributed by atoms with E-state index in [4.69, 9.17) is 28.5 Å². The number of hydrogen-bond donors (Lipinski definition) is 2. The lowest BCUT2D eigenvalue weighted by Crippen LogP contribution is -2.13. The highest BCUT2D eigenvalue weighted by Crippen LogP contribution is 2.26. The van der Waals surface area contributed by atoms with Crippen molar-refractivity contribution in [2.45, 2.75) is 0 Å². The van der Waals surface area contributed by atoms with Crippen LogP contribution in [-0.2, 0) is 4.79 Å². The van der Waals surface area contributed by atoms with Crippen molar-refractivity contribution in [1.29, 1.82) is 5.26 Å². The summed E-state index contributed by atoms with van der Waals surface area (Å²) in [4.78, 5) is 12.1. The molecular formula is C16H10Cl2N2O2. The van der Waals surface area contributed by atoms with Crippen molar-refractivity contribution >= 4 is 40.9 Å². The summed E-state index contributed by atoms with van der Waals surface area (Å²) < 4.78 is 0. The van der Waals surface area contributed by atoms with Crippen LogP contribution in [-0.4, -0.2) is 11.0 Å². The number of aromatic hydroxyl groups is 1. The number of carbonyl (C=O) groups is 1. The van der Waals surface area contributed by atoms with Crippen molar-refractivity contribution in [2.24, 2.45) is 0 Å². The molecule has 0 aromatic heterocycles. The first kappa shape index (κ1) is 15.9. The summed E-state index contributed by atoms with van der Waals surface area (Å²) in [5, 5.41) is 21.6. The van der Waals surface area contributed by atoms with Gasteiger partial charge in [-0.25, -0.2) is 0 Å². The van der Waals surface area contributed by atoms with Gasteiger partial charge in [0, 0.05) is 5.02 Å². The number of phenols is 1. The van der Waals surface area contributed by atoms with Crippen LogP contribution < -0.4 is 5.32 Å². The number of carbonyl (C=O) groups excluding carboxylic acids is 1.